The van der Waals surface area contributed by atoms with Crippen molar-refractivity contribution >= 4 is 17.6 Å². The summed E-state index contributed by atoms with van der Waals surface area (Å²) in [6, 6.07) is 5.14. The minimum absolute atomic E-state index is 0.239. The summed E-state index contributed by atoms with van der Waals surface area (Å²) in [5.41, 5.74) is 0.735. The number of unbranched alkanes of at least 4 members (excludes halogenated alkanes) is 1. The Morgan fingerprint density at radius 3 is 2.79 bits per heavy atom. The molecule has 0 aliphatic carbocycles. The van der Waals surface area contributed by atoms with E-state index in [9.17, 15) is 4.79 Å². The Morgan fingerprint density at radius 2 is 2.21 bits per heavy atom. The van der Waals surface area contributed by atoms with E-state index >= 15 is 0 Å². The van der Waals surface area contributed by atoms with Crippen molar-refractivity contribution in [3.05, 3.63) is 28.8 Å². The zero-order valence-electron chi connectivity index (χ0n) is 11.2. The standard InChI is InChI=1S/C14H19ClO4/c1-3-4-7-19-13(14(16)17)9-10-8-11(15)5-6-12(10)18-2/h5-6,8,13H,3-4,7,9H2,1-2H3,(H,16,17)/t13-/m0/s1. The van der Waals surface area contributed by atoms with Gasteiger partial charge in [0.25, 0.3) is 0 Å². The molecule has 0 amide bonds. The second-order valence-corrected chi connectivity index (χ2v) is 4.65. The minimum atomic E-state index is -0.974. The summed E-state index contributed by atoms with van der Waals surface area (Å²) < 4.78 is 10.6. The smallest absolute Gasteiger partial charge is 0.333 e. The predicted molar refractivity (Wildman–Crippen MR) is 74.0 cm³/mol. The fourth-order valence-electron chi connectivity index (χ4n) is 1.69. The van der Waals surface area contributed by atoms with Crippen LogP contribution in [0.1, 0.15) is 25.3 Å². The third-order valence-corrected chi connectivity index (χ3v) is 2.98. The van der Waals surface area contributed by atoms with E-state index in [2.05, 4.69) is 0 Å². The Bertz CT molecular complexity index is 420. The molecule has 1 N–H and O–H groups in total. The number of carboxylic acid groups (broad SMARTS) is 1. The highest BCUT2D eigenvalue weighted by Crippen LogP contribution is 2.24. The summed E-state index contributed by atoms with van der Waals surface area (Å²) in [5.74, 6) is -0.354. The molecule has 1 atom stereocenters. The van der Waals surface area contributed by atoms with E-state index in [4.69, 9.17) is 26.2 Å². The van der Waals surface area contributed by atoms with Crippen molar-refractivity contribution < 1.29 is 19.4 Å². The number of benzene rings is 1. The highest BCUT2D eigenvalue weighted by Gasteiger charge is 2.20. The lowest BCUT2D eigenvalue weighted by atomic mass is 10.1. The summed E-state index contributed by atoms with van der Waals surface area (Å²) in [7, 11) is 1.54. The van der Waals surface area contributed by atoms with Crippen molar-refractivity contribution in [2.24, 2.45) is 0 Å². The largest absolute Gasteiger partial charge is 0.496 e. The summed E-state index contributed by atoms with van der Waals surface area (Å²) in [6.07, 6.45) is 1.17. The van der Waals surface area contributed by atoms with Gasteiger partial charge in [-0.15, -0.1) is 0 Å². The maximum Gasteiger partial charge on any atom is 0.333 e. The maximum absolute atomic E-state index is 11.2. The zero-order chi connectivity index (χ0) is 14.3. The quantitative estimate of drug-likeness (QED) is 0.746. The summed E-state index contributed by atoms with van der Waals surface area (Å²) in [4.78, 5) is 11.2. The number of carboxylic acids is 1. The van der Waals surface area contributed by atoms with E-state index in [0.29, 0.717) is 17.4 Å². The average molecular weight is 287 g/mol. The van der Waals surface area contributed by atoms with Crippen LogP contribution in [0.25, 0.3) is 0 Å². The molecule has 1 aromatic rings. The van der Waals surface area contributed by atoms with Crippen LogP contribution >= 0.6 is 11.6 Å². The van der Waals surface area contributed by atoms with Crippen molar-refractivity contribution in [3.63, 3.8) is 0 Å². The van der Waals surface area contributed by atoms with E-state index in [1.807, 2.05) is 6.92 Å². The van der Waals surface area contributed by atoms with Gasteiger partial charge in [0, 0.05) is 18.1 Å². The molecule has 106 valence electrons. The van der Waals surface area contributed by atoms with Gasteiger partial charge in [0.15, 0.2) is 6.10 Å². The lowest BCUT2D eigenvalue weighted by molar-refractivity contribution is -0.150. The van der Waals surface area contributed by atoms with Gasteiger partial charge in [-0.1, -0.05) is 24.9 Å². The van der Waals surface area contributed by atoms with Gasteiger partial charge < -0.3 is 14.6 Å². The Kier molecular flexibility index (Phi) is 6.67. The number of carbonyl (C=O) groups is 1. The molecule has 0 unspecified atom stereocenters. The van der Waals surface area contributed by atoms with Crippen molar-refractivity contribution in [3.8, 4) is 5.75 Å². The van der Waals surface area contributed by atoms with Crippen LogP contribution in [0.2, 0.25) is 5.02 Å². The fourth-order valence-corrected chi connectivity index (χ4v) is 1.89. The molecule has 0 radical (unpaired) electrons. The van der Waals surface area contributed by atoms with Crippen LogP contribution in [0.15, 0.2) is 18.2 Å². The molecule has 19 heavy (non-hydrogen) atoms. The average Bonchev–Trinajstić information content (AvgIpc) is 2.38. The summed E-state index contributed by atoms with van der Waals surface area (Å²) in [6.45, 7) is 2.47. The van der Waals surface area contributed by atoms with Crippen LogP contribution < -0.4 is 4.74 Å². The number of aliphatic carboxylic acids is 1. The summed E-state index contributed by atoms with van der Waals surface area (Å²) in [5, 5.41) is 9.72. The fraction of sp³-hybridized carbons (Fsp3) is 0.500. The van der Waals surface area contributed by atoms with E-state index < -0.39 is 12.1 Å². The monoisotopic (exact) mass is 286 g/mol. The number of halogens is 1. The lowest BCUT2D eigenvalue weighted by Crippen LogP contribution is -2.27. The Hall–Kier alpha value is -1.26. The molecule has 0 aliphatic heterocycles. The maximum atomic E-state index is 11.2. The molecule has 1 rings (SSSR count). The van der Waals surface area contributed by atoms with Crippen molar-refractivity contribution in [2.45, 2.75) is 32.3 Å². The van der Waals surface area contributed by atoms with Gasteiger partial charge >= 0.3 is 5.97 Å². The van der Waals surface area contributed by atoms with E-state index in [1.165, 1.54) is 0 Å². The topological polar surface area (TPSA) is 55.8 Å². The Labute approximate surface area is 118 Å². The molecule has 0 spiro atoms. The molecular formula is C14H19ClO4. The van der Waals surface area contributed by atoms with Crippen molar-refractivity contribution in [1.29, 1.82) is 0 Å². The Morgan fingerprint density at radius 1 is 1.47 bits per heavy atom. The first kappa shape index (κ1) is 15.8. The molecule has 1 aromatic carbocycles. The molecule has 0 saturated heterocycles. The first-order chi connectivity index (χ1) is 9.08. The Balaban J connectivity index is 2.77. The molecule has 4 nitrogen and oxygen atoms in total. The van der Waals surface area contributed by atoms with Crippen LogP contribution in [-0.2, 0) is 16.0 Å². The summed E-state index contributed by atoms with van der Waals surface area (Å²) >= 11 is 5.92. The number of ether oxygens (including phenoxy) is 2. The first-order valence-corrected chi connectivity index (χ1v) is 6.63. The second-order valence-electron chi connectivity index (χ2n) is 4.21. The number of methoxy groups -OCH3 is 1. The molecule has 0 saturated carbocycles. The number of hydrogen-bond donors (Lipinski definition) is 1. The van der Waals surface area contributed by atoms with Crippen LogP contribution in [-0.4, -0.2) is 30.9 Å². The third kappa shape index (κ3) is 5.09. The molecule has 0 bridgehead atoms. The van der Waals surface area contributed by atoms with Gasteiger partial charge in [0.2, 0.25) is 0 Å². The SMILES string of the molecule is CCCCO[C@@H](Cc1cc(Cl)ccc1OC)C(=O)O. The van der Waals surface area contributed by atoms with E-state index in [0.717, 1.165) is 18.4 Å². The molecule has 0 heterocycles. The van der Waals surface area contributed by atoms with Gasteiger partial charge in [-0.25, -0.2) is 4.79 Å². The van der Waals surface area contributed by atoms with Crippen LogP contribution in [0, 0.1) is 0 Å². The predicted octanol–water partition coefficient (Wildman–Crippen LogP) is 3.16. The van der Waals surface area contributed by atoms with Crippen molar-refractivity contribution in [1.82, 2.24) is 0 Å². The first-order valence-electron chi connectivity index (χ1n) is 6.25. The van der Waals surface area contributed by atoms with Gasteiger partial charge in [0.1, 0.15) is 5.75 Å². The van der Waals surface area contributed by atoms with Gasteiger partial charge in [0.05, 0.1) is 7.11 Å². The highest BCUT2D eigenvalue weighted by molar-refractivity contribution is 6.30. The molecule has 0 fully saturated rings. The number of hydrogen-bond acceptors (Lipinski definition) is 3. The van der Waals surface area contributed by atoms with E-state index in [1.54, 1.807) is 25.3 Å². The van der Waals surface area contributed by atoms with E-state index in [-0.39, 0.29) is 6.42 Å². The molecular weight excluding hydrogens is 268 g/mol. The molecule has 5 heteroatoms. The van der Waals surface area contributed by atoms with Crippen LogP contribution in [0.4, 0.5) is 0 Å². The number of rotatable bonds is 8. The van der Waals surface area contributed by atoms with Crippen molar-refractivity contribution in [2.75, 3.05) is 13.7 Å². The molecule has 0 aromatic heterocycles. The van der Waals surface area contributed by atoms with Gasteiger partial charge in [-0.05, 0) is 30.2 Å². The second kappa shape index (κ2) is 8.02. The normalized spacial score (nSPS) is 12.2. The third-order valence-electron chi connectivity index (χ3n) is 2.74. The van der Waals surface area contributed by atoms with Crippen LogP contribution in [0.3, 0.4) is 0 Å². The zero-order valence-corrected chi connectivity index (χ0v) is 11.9. The van der Waals surface area contributed by atoms with Gasteiger partial charge in [-0.3, -0.25) is 0 Å². The van der Waals surface area contributed by atoms with Gasteiger partial charge in [-0.2, -0.15) is 0 Å². The lowest BCUT2D eigenvalue weighted by Gasteiger charge is -2.15. The minimum Gasteiger partial charge on any atom is -0.496 e. The molecule has 0 aliphatic rings. The highest BCUT2D eigenvalue weighted by atomic mass is 35.5. The van der Waals surface area contributed by atoms with Crippen LogP contribution in [0.5, 0.6) is 5.75 Å².